The van der Waals surface area contributed by atoms with Crippen LogP contribution in [-0.2, 0) is 0 Å². The summed E-state index contributed by atoms with van der Waals surface area (Å²) < 4.78 is 0. The van der Waals surface area contributed by atoms with E-state index in [4.69, 9.17) is 15.3 Å². The van der Waals surface area contributed by atoms with E-state index in [1.54, 1.807) is 6.92 Å². The molecule has 0 radical (unpaired) electrons. The standard InChI is InChI=1S/C9H13N3O4/c1-9(4-13,5-14)12-8-10-3-2-6(11-8)7(15)16/h2-3,13-14H,4-5H2,1H3,(H,15,16)(H,10,11,12). The van der Waals surface area contributed by atoms with Gasteiger partial charge in [0.25, 0.3) is 0 Å². The van der Waals surface area contributed by atoms with E-state index < -0.39 is 11.5 Å². The number of anilines is 1. The molecular weight excluding hydrogens is 214 g/mol. The first kappa shape index (κ1) is 12.3. The van der Waals surface area contributed by atoms with Gasteiger partial charge in [0, 0.05) is 6.20 Å². The molecule has 1 heterocycles. The average molecular weight is 227 g/mol. The van der Waals surface area contributed by atoms with Crippen LogP contribution in [0.2, 0.25) is 0 Å². The molecule has 0 aliphatic carbocycles. The second-order valence-electron chi connectivity index (χ2n) is 3.57. The summed E-state index contributed by atoms with van der Waals surface area (Å²) in [6, 6.07) is 1.25. The van der Waals surface area contributed by atoms with Crippen LogP contribution in [-0.4, -0.2) is 50.0 Å². The van der Waals surface area contributed by atoms with Crippen molar-refractivity contribution in [1.29, 1.82) is 0 Å². The van der Waals surface area contributed by atoms with Crippen molar-refractivity contribution in [2.75, 3.05) is 18.5 Å². The Kier molecular flexibility index (Phi) is 3.75. The van der Waals surface area contributed by atoms with Crippen LogP contribution in [0.15, 0.2) is 12.3 Å². The predicted molar refractivity (Wildman–Crippen MR) is 55.2 cm³/mol. The van der Waals surface area contributed by atoms with Crippen molar-refractivity contribution in [2.24, 2.45) is 0 Å². The van der Waals surface area contributed by atoms with Gasteiger partial charge in [-0.15, -0.1) is 0 Å². The highest BCUT2D eigenvalue weighted by molar-refractivity contribution is 5.85. The van der Waals surface area contributed by atoms with Gasteiger partial charge >= 0.3 is 5.97 Å². The number of aliphatic hydroxyl groups is 2. The molecule has 1 aromatic rings. The molecule has 16 heavy (non-hydrogen) atoms. The van der Waals surface area contributed by atoms with Gasteiger partial charge in [-0.3, -0.25) is 0 Å². The summed E-state index contributed by atoms with van der Waals surface area (Å²) >= 11 is 0. The van der Waals surface area contributed by atoms with Crippen molar-refractivity contribution in [3.8, 4) is 0 Å². The fraction of sp³-hybridized carbons (Fsp3) is 0.444. The highest BCUT2D eigenvalue weighted by Gasteiger charge is 2.23. The molecule has 0 aliphatic rings. The topological polar surface area (TPSA) is 116 Å². The van der Waals surface area contributed by atoms with Gasteiger partial charge in [0.2, 0.25) is 5.95 Å². The third-order valence-electron chi connectivity index (χ3n) is 1.99. The Hall–Kier alpha value is -1.73. The summed E-state index contributed by atoms with van der Waals surface area (Å²) in [6.07, 6.45) is 1.29. The highest BCUT2D eigenvalue weighted by Crippen LogP contribution is 2.10. The smallest absolute Gasteiger partial charge is 0.354 e. The maximum Gasteiger partial charge on any atom is 0.354 e. The Morgan fingerprint density at radius 2 is 2.12 bits per heavy atom. The molecule has 0 unspecified atom stereocenters. The molecule has 4 N–H and O–H groups in total. The molecule has 0 bridgehead atoms. The van der Waals surface area contributed by atoms with E-state index in [2.05, 4.69) is 15.3 Å². The molecule has 0 saturated carbocycles. The number of nitrogens with zero attached hydrogens (tertiary/aromatic N) is 2. The molecular formula is C9H13N3O4. The van der Waals surface area contributed by atoms with E-state index >= 15 is 0 Å². The molecule has 88 valence electrons. The normalized spacial score (nSPS) is 11.2. The quantitative estimate of drug-likeness (QED) is 0.527. The van der Waals surface area contributed by atoms with Crippen molar-refractivity contribution in [3.63, 3.8) is 0 Å². The number of aromatic carboxylic acids is 1. The Bertz CT molecular complexity index is 379. The number of aliphatic hydroxyl groups excluding tert-OH is 2. The molecule has 0 spiro atoms. The van der Waals surface area contributed by atoms with Crippen LogP contribution in [0.3, 0.4) is 0 Å². The van der Waals surface area contributed by atoms with Crippen LogP contribution in [0.5, 0.6) is 0 Å². The van der Waals surface area contributed by atoms with E-state index in [-0.39, 0.29) is 24.9 Å². The lowest BCUT2D eigenvalue weighted by molar-refractivity contribution is 0.0690. The molecule has 1 rings (SSSR count). The number of nitrogens with one attached hydrogen (secondary N) is 1. The predicted octanol–water partition coefficient (Wildman–Crippen LogP) is -0.670. The zero-order valence-corrected chi connectivity index (χ0v) is 8.71. The number of carboxylic acid groups (broad SMARTS) is 1. The minimum atomic E-state index is -1.17. The van der Waals surface area contributed by atoms with Crippen molar-refractivity contribution < 1.29 is 20.1 Å². The van der Waals surface area contributed by atoms with Gasteiger partial charge in [0.15, 0.2) is 5.69 Å². The van der Waals surface area contributed by atoms with Crippen LogP contribution >= 0.6 is 0 Å². The summed E-state index contributed by atoms with van der Waals surface area (Å²) in [5.41, 5.74) is -1.15. The maximum atomic E-state index is 10.6. The molecule has 0 atom stereocenters. The number of aromatic nitrogens is 2. The third-order valence-corrected chi connectivity index (χ3v) is 1.99. The van der Waals surface area contributed by atoms with E-state index in [1.807, 2.05) is 0 Å². The van der Waals surface area contributed by atoms with Crippen LogP contribution in [0, 0.1) is 0 Å². The molecule has 7 nitrogen and oxygen atoms in total. The van der Waals surface area contributed by atoms with E-state index in [0.29, 0.717) is 0 Å². The summed E-state index contributed by atoms with van der Waals surface area (Å²) in [7, 11) is 0. The summed E-state index contributed by atoms with van der Waals surface area (Å²) in [4.78, 5) is 18.1. The van der Waals surface area contributed by atoms with E-state index in [0.717, 1.165) is 0 Å². The zero-order chi connectivity index (χ0) is 12.2. The van der Waals surface area contributed by atoms with Crippen LogP contribution < -0.4 is 5.32 Å². The summed E-state index contributed by atoms with van der Waals surface area (Å²) in [5, 5.41) is 29.4. The Balaban J connectivity index is 2.89. The van der Waals surface area contributed by atoms with Gasteiger partial charge in [-0.05, 0) is 13.0 Å². The number of hydrogen-bond donors (Lipinski definition) is 4. The summed E-state index contributed by atoms with van der Waals surface area (Å²) in [6.45, 7) is 0.901. The molecule has 0 saturated heterocycles. The first-order valence-electron chi connectivity index (χ1n) is 4.57. The summed E-state index contributed by atoms with van der Waals surface area (Å²) in [5.74, 6) is -1.12. The average Bonchev–Trinajstić information content (AvgIpc) is 2.29. The van der Waals surface area contributed by atoms with E-state index in [9.17, 15) is 4.79 Å². The van der Waals surface area contributed by atoms with Crippen molar-refractivity contribution in [1.82, 2.24) is 9.97 Å². The minimum absolute atomic E-state index is 0.0468. The van der Waals surface area contributed by atoms with Gasteiger partial charge in [0.1, 0.15) is 0 Å². The van der Waals surface area contributed by atoms with Gasteiger partial charge in [-0.2, -0.15) is 0 Å². The number of hydrogen-bond acceptors (Lipinski definition) is 6. The molecule has 0 aromatic carbocycles. The maximum absolute atomic E-state index is 10.6. The first-order chi connectivity index (χ1) is 7.50. The van der Waals surface area contributed by atoms with Crippen molar-refractivity contribution >= 4 is 11.9 Å². The second kappa shape index (κ2) is 4.86. The molecule has 0 amide bonds. The third kappa shape index (κ3) is 2.88. The second-order valence-corrected chi connectivity index (χ2v) is 3.57. The first-order valence-corrected chi connectivity index (χ1v) is 4.57. The van der Waals surface area contributed by atoms with Gasteiger partial charge in [0.05, 0.1) is 18.8 Å². The SMILES string of the molecule is CC(CO)(CO)Nc1nccc(C(=O)O)n1. The monoisotopic (exact) mass is 227 g/mol. The molecule has 7 heteroatoms. The lowest BCUT2D eigenvalue weighted by Gasteiger charge is -2.25. The van der Waals surface area contributed by atoms with Gasteiger partial charge < -0.3 is 20.6 Å². The highest BCUT2D eigenvalue weighted by atomic mass is 16.4. The van der Waals surface area contributed by atoms with Gasteiger partial charge in [-0.1, -0.05) is 0 Å². The van der Waals surface area contributed by atoms with Crippen molar-refractivity contribution in [2.45, 2.75) is 12.5 Å². The number of carboxylic acids is 1. The largest absolute Gasteiger partial charge is 0.477 e. The van der Waals surface area contributed by atoms with Crippen LogP contribution in [0.4, 0.5) is 5.95 Å². The van der Waals surface area contributed by atoms with Crippen molar-refractivity contribution in [3.05, 3.63) is 18.0 Å². The van der Waals surface area contributed by atoms with E-state index in [1.165, 1.54) is 12.3 Å². The zero-order valence-electron chi connectivity index (χ0n) is 8.71. The Morgan fingerprint density at radius 3 is 2.62 bits per heavy atom. The van der Waals surface area contributed by atoms with Crippen LogP contribution in [0.1, 0.15) is 17.4 Å². The fourth-order valence-corrected chi connectivity index (χ4v) is 0.937. The number of rotatable bonds is 5. The van der Waals surface area contributed by atoms with Gasteiger partial charge in [-0.25, -0.2) is 14.8 Å². The number of carbonyl (C=O) groups is 1. The molecule has 0 aliphatic heterocycles. The Morgan fingerprint density at radius 1 is 1.50 bits per heavy atom. The van der Waals surface area contributed by atoms with Crippen LogP contribution in [0.25, 0.3) is 0 Å². The minimum Gasteiger partial charge on any atom is -0.477 e. The lowest BCUT2D eigenvalue weighted by Crippen LogP contribution is -2.43. The lowest BCUT2D eigenvalue weighted by atomic mass is 10.1. The molecule has 0 fully saturated rings. The Labute approximate surface area is 91.8 Å². The fourth-order valence-electron chi connectivity index (χ4n) is 0.937. The molecule has 1 aromatic heterocycles.